The van der Waals surface area contributed by atoms with Crippen molar-refractivity contribution in [1.82, 2.24) is 25.3 Å². The van der Waals surface area contributed by atoms with E-state index in [0.717, 1.165) is 71.4 Å². The minimum Gasteiger partial charge on any atom is -0.372 e. The maximum Gasteiger partial charge on any atom is 0.227 e. The molecule has 0 aromatic carbocycles. The van der Waals surface area contributed by atoms with Crippen molar-refractivity contribution < 1.29 is 18.3 Å². The van der Waals surface area contributed by atoms with Gasteiger partial charge in [0.25, 0.3) is 0 Å². The highest BCUT2D eigenvalue weighted by atomic mass is 19.1. The van der Waals surface area contributed by atoms with Crippen LogP contribution in [0.2, 0.25) is 0 Å². The first-order valence-electron chi connectivity index (χ1n) is 15.3. The second-order valence-corrected chi connectivity index (χ2v) is 13.2. The van der Waals surface area contributed by atoms with Gasteiger partial charge in [-0.3, -0.25) is 14.6 Å². The van der Waals surface area contributed by atoms with Crippen molar-refractivity contribution in [2.75, 3.05) is 66.0 Å². The smallest absolute Gasteiger partial charge is 0.227 e. The Kier molecular flexibility index (Phi) is 9.17. The van der Waals surface area contributed by atoms with Gasteiger partial charge >= 0.3 is 0 Å². The summed E-state index contributed by atoms with van der Waals surface area (Å²) in [7, 11) is 2.12. The number of hydrogen-bond acceptors (Lipinski definition) is 8. The van der Waals surface area contributed by atoms with Gasteiger partial charge in [-0.05, 0) is 57.5 Å². The van der Waals surface area contributed by atoms with Crippen LogP contribution < -0.4 is 22.1 Å². The molecule has 0 aliphatic carbocycles. The number of halogens is 2. The van der Waals surface area contributed by atoms with Crippen LogP contribution in [-0.2, 0) is 9.53 Å². The molecule has 1 amide bonds. The first-order chi connectivity index (χ1) is 18.6. The van der Waals surface area contributed by atoms with Crippen LogP contribution in [0, 0.1) is 11.3 Å². The average Bonchev–Trinajstić information content (AvgIpc) is 3.12. The Morgan fingerprint density at radius 2 is 1.87 bits per heavy atom. The van der Waals surface area contributed by atoms with Crippen LogP contribution in [0.5, 0.6) is 0 Å². The lowest BCUT2D eigenvalue weighted by atomic mass is 9.71. The summed E-state index contributed by atoms with van der Waals surface area (Å²) in [6.07, 6.45) is 2.87. The zero-order valence-electron chi connectivity index (χ0n) is 23.9. The lowest BCUT2D eigenvalue weighted by Crippen LogP contribution is -2.69. The predicted molar refractivity (Wildman–Crippen MR) is 148 cm³/mol. The zero-order valence-corrected chi connectivity index (χ0v) is 23.9. The summed E-state index contributed by atoms with van der Waals surface area (Å²) >= 11 is 0. The highest BCUT2D eigenvalue weighted by Crippen LogP contribution is 2.46. The van der Waals surface area contributed by atoms with Gasteiger partial charge in [-0.25, -0.2) is 8.78 Å². The van der Waals surface area contributed by atoms with Crippen molar-refractivity contribution in [3.05, 3.63) is 0 Å². The molecule has 2 bridgehead atoms. The monoisotopic (exact) mass is 555 g/mol. The van der Waals surface area contributed by atoms with Gasteiger partial charge in [0.2, 0.25) is 5.91 Å². The highest BCUT2D eigenvalue weighted by Gasteiger charge is 2.49. The van der Waals surface area contributed by atoms with Crippen LogP contribution in [0.15, 0.2) is 0 Å². The lowest BCUT2D eigenvalue weighted by Gasteiger charge is -2.50. The number of nitrogens with zero attached hydrogens (tertiary/aromatic N) is 3. The van der Waals surface area contributed by atoms with E-state index in [4.69, 9.17) is 16.2 Å². The number of alkyl halides is 2. The molecule has 5 fully saturated rings. The van der Waals surface area contributed by atoms with E-state index < -0.39 is 36.5 Å². The molecule has 0 radical (unpaired) electrons. The number of likely N-dealkylation sites (N-methyl/N-ethyl adjacent to an activating group) is 1. The van der Waals surface area contributed by atoms with E-state index in [1.807, 2.05) is 0 Å². The summed E-state index contributed by atoms with van der Waals surface area (Å²) in [6, 6.07) is -1.05. The number of nitrogens with one attached hydrogen (secondary N) is 2. The van der Waals surface area contributed by atoms with Gasteiger partial charge in [0.15, 0.2) is 0 Å². The van der Waals surface area contributed by atoms with Crippen molar-refractivity contribution in [2.24, 2.45) is 22.8 Å². The van der Waals surface area contributed by atoms with Gasteiger partial charge in [0, 0.05) is 51.9 Å². The van der Waals surface area contributed by atoms with Gasteiger partial charge in [-0.15, -0.1) is 0 Å². The number of fused-ring (bicyclic) bond motifs is 3. The zero-order chi connectivity index (χ0) is 27.8. The molecule has 5 saturated heterocycles. The summed E-state index contributed by atoms with van der Waals surface area (Å²) < 4.78 is 36.7. The van der Waals surface area contributed by atoms with E-state index in [-0.39, 0.29) is 29.5 Å². The van der Waals surface area contributed by atoms with Crippen LogP contribution in [0.1, 0.15) is 51.9 Å². The topological polar surface area (TPSA) is 112 Å². The molecular formula is C28H51F2N7O2. The Morgan fingerprint density at radius 1 is 1.10 bits per heavy atom. The molecule has 39 heavy (non-hydrogen) atoms. The predicted octanol–water partition coefficient (Wildman–Crippen LogP) is 0.430. The molecule has 11 heteroatoms. The fourth-order valence-corrected chi connectivity index (χ4v) is 8.46. The van der Waals surface area contributed by atoms with Gasteiger partial charge in [0.05, 0.1) is 36.4 Å². The fraction of sp³-hybridized carbons (Fsp3) is 0.964. The fourth-order valence-electron chi connectivity index (χ4n) is 8.46. The molecule has 6 N–H and O–H groups in total. The molecule has 1 spiro atoms. The van der Waals surface area contributed by atoms with Gasteiger partial charge in [-0.2, -0.15) is 0 Å². The summed E-state index contributed by atoms with van der Waals surface area (Å²) in [5.74, 6) is -0.920. The third kappa shape index (κ3) is 6.29. The molecule has 8 unspecified atom stereocenters. The quantitative estimate of drug-likeness (QED) is 0.349. The van der Waals surface area contributed by atoms with Crippen LogP contribution >= 0.6 is 0 Å². The second-order valence-electron chi connectivity index (χ2n) is 13.2. The van der Waals surface area contributed by atoms with Crippen molar-refractivity contribution >= 4 is 5.91 Å². The maximum atomic E-state index is 15.5. The Bertz CT molecular complexity index is 845. The van der Waals surface area contributed by atoms with Crippen LogP contribution in [0.25, 0.3) is 0 Å². The van der Waals surface area contributed by atoms with Crippen LogP contribution in [-0.4, -0.2) is 129 Å². The molecular weight excluding hydrogens is 504 g/mol. The van der Waals surface area contributed by atoms with E-state index in [9.17, 15) is 9.18 Å². The molecule has 0 saturated carbocycles. The largest absolute Gasteiger partial charge is 0.372 e. The number of likely N-dealkylation sites (tertiary alicyclic amines) is 1. The number of rotatable bonds is 6. The normalized spacial score (nSPS) is 40.8. The van der Waals surface area contributed by atoms with Crippen molar-refractivity contribution in [3.8, 4) is 0 Å². The van der Waals surface area contributed by atoms with Crippen molar-refractivity contribution in [2.45, 2.75) is 94.1 Å². The summed E-state index contributed by atoms with van der Waals surface area (Å²) in [4.78, 5) is 20.6. The number of hydrogen-bond donors (Lipinski definition) is 4. The standard InChI is InChI=1S/C28H51F2N7O2/c1-3-27-5-4-8-37(17-19(29)13-27)22(14-27)23(25(31)32)26(38)34-21-16-33-15-20(30)24(21)36-9-6-28(7-10-36)18-35(2)11-12-39-28/h19-25,33H,3-18,31-32H2,1-2H3,(H,34,38). The minimum atomic E-state index is -1.10. The molecule has 0 aromatic rings. The van der Waals surface area contributed by atoms with E-state index in [1.54, 1.807) is 0 Å². The average molecular weight is 556 g/mol. The first-order valence-corrected chi connectivity index (χ1v) is 15.3. The Hall–Kier alpha value is -0.950. The molecule has 224 valence electrons. The number of carbonyl (C=O) groups excluding carboxylic acids is 1. The van der Waals surface area contributed by atoms with E-state index in [1.165, 1.54) is 0 Å². The molecule has 9 nitrogen and oxygen atoms in total. The van der Waals surface area contributed by atoms with E-state index in [0.29, 0.717) is 25.9 Å². The Labute approximate surface area is 232 Å². The summed E-state index contributed by atoms with van der Waals surface area (Å²) in [5, 5.41) is 6.36. The van der Waals surface area contributed by atoms with Crippen LogP contribution in [0.3, 0.4) is 0 Å². The number of ether oxygens (including phenoxy) is 1. The molecule has 5 aliphatic heterocycles. The third-order valence-electron chi connectivity index (χ3n) is 10.6. The number of morpholine rings is 1. The number of nitrogens with two attached hydrogens (primary N) is 2. The minimum absolute atomic E-state index is 0.138. The SMILES string of the molecule is CCC12CCCN(CC(F)C1)C(C(C(=O)NC1CNCC(F)C1N1CCC3(CC1)CN(C)CCO3)C(N)N)C2. The first kappa shape index (κ1) is 29.5. The number of carbonyl (C=O) groups is 1. The van der Waals surface area contributed by atoms with E-state index >= 15 is 4.39 Å². The molecule has 5 heterocycles. The second kappa shape index (κ2) is 12.1. The van der Waals surface area contributed by atoms with E-state index in [2.05, 4.69) is 39.3 Å². The number of amides is 1. The molecule has 5 rings (SSSR count). The Balaban J connectivity index is 1.30. The van der Waals surface area contributed by atoms with Gasteiger partial charge in [-0.1, -0.05) is 13.3 Å². The van der Waals surface area contributed by atoms with Crippen molar-refractivity contribution in [3.63, 3.8) is 0 Å². The van der Waals surface area contributed by atoms with Gasteiger partial charge < -0.3 is 31.7 Å². The maximum absolute atomic E-state index is 15.5. The summed E-state index contributed by atoms with van der Waals surface area (Å²) in [5.41, 5.74) is 12.3. The highest BCUT2D eigenvalue weighted by molar-refractivity contribution is 5.80. The summed E-state index contributed by atoms with van der Waals surface area (Å²) in [6.45, 7) is 7.99. The molecule has 0 aromatic heterocycles. The third-order valence-corrected chi connectivity index (χ3v) is 10.6. The molecule has 8 atom stereocenters. The van der Waals surface area contributed by atoms with Gasteiger partial charge in [0.1, 0.15) is 12.3 Å². The van der Waals surface area contributed by atoms with Crippen LogP contribution in [0.4, 0.5) is 8.78 Å². The molecule has 5 aliphatic rings. The van der Waals surface area contributed by atoms with Crippen molar-refractivity contribution in [1.29, 1.82) is 0 Å². The number of piperidine rings is 2. The Morgan fingerprint density at radius 3 is 2.56 bits per heavy atom. The lowest BCUT2D eigenvalue weighted by molar-refractivity contribution is -0.140.